The fourth-order valence-corrected chi connectivity index (χ4v) is 2.28. The van der Waals surface area contributed by atoms with E-state index in [0.717, 1.165) is 5.56 Å². The molecule has 2 rings (SSSR count). The first-order chi connectivity index (χ1) is 9.52. The molecule has 0 aliphatic rings. The van der Waals surface area contributed by atoms with Crippen LogP contribution < -0.4 is 10.3 Å². The van der Waals surface area contributed by atoms with E-state index in [0.29, 0.717) is 15.8 Å². The van der Waals surface area contributed by atoms with Crippen LogP contribution in [0, 0.1) is 6.92 Å². The first-order valence-corrected chi connectivity index (χ1v) is 6.85. The fourth-order valence-electron chi connectivity index (χ4n) is 1.90. The number of Topliss-reactive ketones (excluding diaryl/α,β-unsaturated/α-hetero) is 1. The van der Waals surface area contributed by atoms with Crippen LogP contribution >= 0.6 is 15.9 Å². The maximum absolute atomic E-state index is 12.3. The lowest BCUT2D eigenvalue weighted by molar-refractivity contribution is 0.0968. The lowest BCUT2D eigenvalue weighted by Crippen LogP contribution is -2.24. The van der Waals surface area contributed by atoms with E-state index >= 15 is 0 Å². The van der Waals surface area contributed by atoms with E-state index in [9.17, 15) is 9.59 Å². The number of ether oxygens (including phenoxy) is 1. The molecule has 5 heteroatoms. The van der Waals surface area contributed by atoms with Gasteiger partial charge < -0.3 is 9.30 Å². The molecule has 0 radical (unpaired) electrons. The number of nitrogens with zero attached hydrogens (tertiary/aromatic N) is 1. The van der Waals surface area contributed by atoms with Crippen molar-refractivity contribution in [3.05, 3.63) is 62.5 Å². The van der Waals surface area contributed by atoms with Gasteiger partial charge in [-0.2, -0.15) is 0 Å². The van der Waals surface area contributed by atoms with Gasteiger partial charge >= 0.3 is 0 Å². The summed E-state index contributed by atoms with van der Waals surface area (Å²) in [5.41, 5.74) is 1.26. The molecular weight excluding hydrogens is 322 g/mol. The number of aryl methyl sites for hydroxylation is 1. The van der Waals surface area contributed by atoms with E-state index < -0.39 is 0 Å². The van der Waals surface area contributed by atoms with E-state index in [1.54, 1.807) is 30.5 Å². The second kappa shape index (κ2) is 6.05. The molecule has 0 unspecified atom stereocenters. The molecule has 0 atom stereocenters. The molecule has 104 valence electrons. The summed E-state index contributed by atoms with van der Waals surface area (Å²) in [7, 11) is 1.52. The summed E-state index contributed by atoms with van der Waals surface area (Å²) in [6, 6.07) is 8.73. The van der Waals surface area contributed by atoms with Gasteiger partial charge in [-0.25, -0.2) is 0 Å². The quantitative estimate of drug-likeness (QED) is 0.807. The summed E-state index contributed by atoms with van der Waals surface area (Å²) in [5.74, 6) is 0.361. The Morgan fingerprint density at radius 1 is 1.35 bits per heavy atom. The molecule has 0 aliphatic carbocycles. The summed E-state index contributed by atoms with van der Waals surface area (Å²) in [6.45, 7) is 1.91. The Morgan fingerprint density at radius 3 is 2.80 bits per heavy atom. The lowest BCUT2D eigenvalue weighted by Gasteiger charge is -2.10. The van der Waals surface area contributed by atoms with Gasteiger partial charge in [-0.05, 0) is 52.7 Å². The third-order valence-electron chi connectivity index (χ3n) is 2.95. The van der Waals surface area contributed by atoms with Crippen molar-refractivity contribution in [1.29, 1.82) is 0 Å². The molecule has 1 aromatic heterocycles. The predicted molar refractivity (Wildman–Crippen MR) is 80.5 cm³/mol. The molecule has 1 heterocycles. The second-order valence-corrected chi connectivity index (χ2v) is 5.27. The van der Waals surface area contributed by atoms with Crippen molar-refractivity contribution in [2.75, 3.05) is 7.11 Å². The molecule has 4 nitrogen and oxygen atoms in total. The Labute approximate surface area is 125 Å². The number of pyridine rings is 1. The standard InChI is InChI=1S/C15H14BrNO3/c1-10-5-6-11(14(8-10)20-2)13(18)9-17-7-3-4-12(16)15(17)19/h3-8H,9H2,1-2H3. The number of ketones is 1. The topological polar surface area (TPSA) is 48.3 Å². The Hall–Kier alpha value is -1.88. The predicted octanol–water partition coefficient (Wildman–Crippen LogP) is 2.81. The number of methoxy groups -OCH3 is 1. The molecule has 0 saturated heterocycles. The molecule has 0 amide bonds. The molecule has 0 fully saturated rings. The van der Waals surface area contributed by atoms with Gasteiger partial charge in [-0.1, -0.05) is 6.07 Å². The van der Waals surface area contributed by atoms with Gasteiger partial charge in [0.1, 0.15) is 5.75 Å². The molecule has 0 spiro atoms. The number of aromatic nitrogens is 1. The fraction of sp³-hybridized carbons (Fsp3) is 0.200. The zero-order valence-corrected chi connectivity index (χ0v) is 12.8. The van der Waals surface area contributed by atoms with E-state index in [1.165, 1.54) is 11.7 Å². The highest BCUT2D eigenvalue weighted by Crippen LogP contribution is 2.20. The summed E-state index contributed by atoms with van der Waals surface area (Å²) >= 11 is 3.16. The third-order valence-corrected chi connectivity index (χ3v) is 3.55. The molecule has 0 saturated carbocycles. The number of carbonyl (C=O) groups excluding carboxylic acids is 1. The first kappa shape index (κ1) is 14.5. The Morgan fingerprint density at radius 2 is 2.10 bits per heavy atom. The molecule has 20 heavy (non-hydrogen) atoms. The minimum atomic E-state index is -0.230. The van der Waals surface area contributed by atoms with Crippen LogP contribution in [0.3, 0.4) is 0 Å². The Bertz CT molecular complexity index is 707. The molecule has 0 aliphatic heterocycles. The Balaban J connectivity index is 2.33. The van der Waals surface area contributed by atoms with Gasteiger partial charge in [-0.3, -0.25) is 9.59 Å². The highest BCUT2D eigenvalue weighted by molar-refractivity contribution is 9.10. The van der Waals surface area contributed by atoms with Crippen LogP contribution in [0.1, 0.15) is 15.9 Å². The second-order valence-electron chi connectivity index (χ2n) is 4.42. The number of carbonyl (C=O) groups is 1. The number of benzene rings is 1. The van der Waals surface area contributed by atoms with Gasteiger partial charge in [0, 0.05) is 6.20 Å². The normalized spacial score (nSPS) is 10.3. The summed E-state index contributed by atoms with van der Waals surface area (Å²) in [4.78, 5) is 24.2. The molecule has 1 aromatic carbocycles. The monoisotopic (exact) mass is 335 g/mol. The van der Waals surface area contributed by atoms with Crippen molar-refractivity contribution in [3.63, 3.8) is 0 Å². The van der Waals surface area contributed by atoms with Crippen LogP contribution in [0.15, 0.2) is 45.8 Å². The maximum Gasteiger partial charge on any atom is 0.265 e. The zero-order chi connectivity index (χ0) is 14.7. The lowest BCUT2D eigenvalue weighted by atomic mass is 10.1. The van der Waals surface area contributed by atoms with Crippen LogP contribution in [0.2, 0.25) is 0 Å². The van der Waals surface area contributed by atoms with Crippen molar-refractivity contribution >= 4 is 21.7 Å². The van der Waals surface area contributed by atoms with Crippen molar-refractivity contribution in [1.82, 2.24) is 4.57 Å². The van der Waals surface area contributed by atoms with Crippen LogP contribution in [-0.2, 0) is 6.54 Å². The van der Waals surface area contributed by atoms with Gasteiger partial charge in [0.2, 0.25) is 0 Å². The maximum atomic E-state index is 12.3. The van der Waals surface area contributed by atoms with Crippen molar-refractivity contribution in [3.8, 4) is 5.75 Å². The first-order valence-electron chi connectivity index (χ1n) is 6.05. The number of rotatable bonds is 4. The average Bonchev–Trinajstić information content (AvgIpc) is 2.43. The third kappa shape index (κ3) is 2.99. The van der Waals surface area contributed by atoms with Crippen molar-refractivity contribution in [2.24, 2.45) is 0 Å². The minimum absolute atomic E-state index is 0.0162. The largest absolute Gasteiger partial charge is 0.496 e. The van der Waals surface area contributed by atoms with Crippen LogP contribution in [0.4, 0.5) is 0 Å². The average molecular weight is 336 g/mol. The van der Waals surface area contributed by atoms with Crippen molar-refractivity contribution < 1.29 is 9.53 Å². The van der Waals surface area contributed by atoms with E-state index in [1.807, 2.05) is 13.0 Å². The summed E-state index contributed by atoms with van der Waals surface area (Å²) in [6.07, 6.45) is 1.59. The minimum Gasteiger partial charge on any atom is -0.496 e. The van der Waals surface area contributed by atoms with Crippen LogP contribution in [-0.4, -0.2) is 17.5 Å². The van der Waals surface area contributed by atoms with Gasteiger partial charge in [-0.15, -0.1) is 0 Å². The SMILES string of the molecule is COc1cc(C)ccc1C(=O)Cn1cccc(Br)c1=O. The molecular formula is C15H14BrNO3. The molecule has 0 N–H and O–H groups in total. The molecule has 2 aromatic rings. The highest BCUT2D eigenvalue weighted by Gasteiger charge is 2.14. The smallest absolute Gasteiger partial charge is 0.265 e. The van der Waals surface area contributed by atoms with Crippen LogP contribution in [0.25, 0.3) is 0 Å². The van der Waals surface area contributed by atoms with Gasteiger partial charge in [0.15, 0.2) is 5.78 Å². The molecule has 0 bridgehead atoms. The van der Waals surface area contributed by atoms with E-state index in [-0.39, 0.29) is 17.9 Å². The number of hydrogen-bond acceptors (Lipinski definition) is 3. The Kier molecular flexibility index (Phi) is 4.39. The number of halogens is 1. The van der Waals surface area contributed by atoms with E-state index in [2.05, 4.69) is 15.9 Å². The van der Waals surface area contributed by atoms with Gasteiger partial charge in [0.05, 0.1) is 23.7 Å². The highest BCUT2D eigenvalue weighted by atomic mass is 79.9. The van der Waals surface area contributed by atoms with Crippen molar-refractivity contribution in [2.45, 2.75) is 13.5 Å². The summed E-state index contributed by atoms with van der Waals surface area (Å²) in [5, 5.41) is 0. The van der Waals surface area contributed by atoms with E-state index in [4.69, 9.17) is 4.74 Å². The summed E-state index contributed by atoms with van der Waals surface area (Å²) < 4.78 is 7.02. The van der Waals surface area contributed by atoms with Gasteiger partial charge in [0.25, 0.3) is 5.56 Å². The van der Waals surface area contributed by atoms with Crippen LogP contribution in [0.5, 0.6) is 5.75 Å². The zero-order valence-electron chi connectivity index (χ0n) is 11.2. The number of hydrogen-bond donors (Lipinski definition) is 0.